The summed E-state index contributed by atoms with van der Waals surface area (Å²) in [6, 6.07) is 8.00. The van der Waals surface area contributed by atoms with Crippen LogP contribution in [0.5, 0.6) is 5.75 Å². The van der Waals surface area contributed by atoms with Crippen LogP contribution in [0.1, 0.15) is 12.0 Å². The minimum absolute atomic E-state index is 0.00754. The van der Waals surface area contributed by atoms with E-state index in [4.69, 9.17) is 9.47 Å². The van der Waals surface area contributed by atoms with Gasteiger partial charge in [-0.1, -0.05) is 12.1 Å². The number of nitrogens with zero attached hydrogens (tertiary/aromatic N) is 1. The maximum atomic E-state index is 11.9. The van der Waals surface area contributed by atoms with Gasteiger partial charge >= 0.3 is 6.09 Å². The van der Waals surface area contributed by atoms with Crippen LogP contribution in [0.25, 0.3) is 0 Å². The zero-order chi connectivity index (χ0) is 13.2. The molecule has 2 aliphatic rings. The van der Waals surface area contributed by atoms with Crippen molar-refractivity contribution in [3.05, 3.63) is 29.8 Å². The maximum absolute atomic E-state index is 11.9. The number of methoxy groups -OCH3 is 1. The van der Waals surface area contributed by atoms with Crippen LogP contribution in [0, 0.1) is 0 Å². The lowest BCUT2D eigenvalue weighted by atomic mass is 10.0. The molecule has 0 aliphatic carbocycles. The molecule has 5 nitrogen and oxygen atoms in total. The van der Waals surface area contributed by atoms with Crippen molar-refractivity contribution in [2.45, 2.75) is 25.1 Å². The number of benzene rings is 1. The van der Waals surface area contributed by atoms with Gasteiger partial charge in [-0.3, -0.25) is 4.90 Å². The molecule has 0 bridgehead atoms. The van der Waals surface area contributed by atoms with Crippen LogP contribution in [-0.4, -0.2) is 43.3 Å². The van der Waals surface area contributed by atoms with E-state index in [2.05, 4.69) is 5.32 Å². The molecule has 1 amide bonds. The number of piperidine rings is 1. The van der Waals surface area contributed by atoms with Gasteiger partial charge in [0.15, 0.2) is 0 Å². The second kappa shape index (κ2) is 5.09. The van der Waals surface area contributed by atoms with E-state index < -0.39 is 0 Å². The number of fused-ring (bicyclic) bond motifs is 1. The molecule has 0 spiro atoms. The van der Waals surface area contributed by atoms with Crippen molar-refractivity contribution in [2.24, 2.45) is 0 Å². The lowest BCUT2D eigenvalue weighted by Gasteiger charge is -2.28. The molecule has 5 heteroatoms. The summed E-state index contributed by atoms with van der Waals surface area (Å²) in [5.41, 5.74) is 1.07. The molecule has 1 N–H and O–H groups in total. The zero-order valence-corrected chi connectivity index (χ0v) is 11.0. The Hall–Kier alpha value is -1.75. The molecule has 1 aromatic carbocycles. The summed E-state index contributed by atoms with van der Waals surface area (Å²) in [5, 5.41) is 3.26. The van der Waals surface area contributed by atoms with E-state index in [1.54, 1.807) is 7.11 Å². The van der Waals surface area contributed by atoms with Gasteiger partial charge in [0.2, 0.25) is 0 Å². The van der Waals surface area contributed by atoms with Crippen molar-refractivity contribution >= 4 is 6.09 Å². The van der Waals surface area contributed by atoms with Crippen LogP contribution < -0.4 is 10.1 Å². The van der Waals surface area contributed by atoms with Crippen LogP contribution in [0.3, 0.4) is 0 Å². The third kappa shape index (κ3) is 2.38. The number of rotatable bonds is 3. The normalized spacial score (nSPS) is 25.9. The summed E-state index contributed by atoms with van der Waals surface area (Å²) in [5.74, 6) is 0.812. The third-order valence-corrected chi connectivity index (χ3v) is 3.77. The fourth-order valence-electron chi connectivity index (χ4n) is 2.77. The van der Waals surface area contributed by atoms with Crippen molar-refractivity contribution in [2.75, 3.05) is 20.2 Å². The van der Waals surface area contributed by atoms with Gasteiger partial charge in [0, 0.05) is 13.1 Å². The van der Waals surface area contributed by atoms with Gasteiger partial charge in [-0.15, -0.1) is 0 Å². The molecule has 0 saturated carbocycles. The SMILES string of the molecule is COc1cccc(CN2C(=O)OC3CNCCC32)c1. The topological polar surface area (TPSA) is 50.8 Å². The number of hydrogen-bond donors (Lipinski definition) is 1. The quantitative estimate of drug-likeness (QED) is 0.894. The van der Waals surface area contributed by atoms with E-state index in [1.807, 2.05) is 29.2 Å². The Morgan fingerprint density at radius 1 is 1.53 bits per heavy atom. The van der Waals surface area contributed by atoms with Crippen molar-refractivity contribution < 1.29 is 14.3 Å². The molecule has 2 heterocycles. The highest BCUT2D eigenvalue weighted by Gasteiger charge is 2.42. The van der Waals surface area contributed by atoms with E-state index >= 15 is 0 Å². The van der Waals surface area contributed by atoms with E-state index in [1.165, 1.54) is 0 Å². The Labute approximate surface area is 112 Å². The van der Waals surface area contributed by atoms with Crippen molar-refractivity contribution in [1.82, 2.24) is 10.2 Å². The van der Waals surface area contributed by atoms with Crippen LogP contribution in [0.4, 0.5) is 4.79 Å². The van der Waals surface area contributed by atoms with Crippen molar-refractivity contribution in [3.8, 4) is 5.75 Å². The summed E-state index contributed by atoms with van der Waals surface area (Å²) in [6.07, 6.45) is 0.730. The van der Waals surface area contributed by atoms with Gasteiger partial charge in [0.1, 0.15) is 11.9 Å². The Balaban J connectivity index is 1.76. The van der Waals surface area contributed by atoms with Gasteiger partial charge in [-0.05, 0) is 30.7 Å². The molecule has 2 saturated heterocycles. The molecule has 2 atom stereocenters. The smallest absolute Gasteiger partial charge is 0.410 e. The molecular formula is C14H18N2O3. The summed E-state index contributed by atoms with van der Waals surface area (Å²) in [7, 11) is 1.64. The minimum atomic E-state index is -0.207. The minimum Gasteiger partial charge on any atom is -0.497 e. The number of amides is 1. The largest absolute Gasteiger partial charge is 0.497 e. The second-order valence-electron chi connectivity index (χ2n) is 4.96. The van der Waals surface area contributed by atoms with E-state index in [-0.39, 0.29) is 18.2 Å². The number of hydrogen-bond acceptors (Lipinski definition) is 4. The van der Waals surface area contributed by atoms with Gasteiger partial charge in [-0.2, -0.15) is 0 Å². The zero-order valence-electron chi connectivity index (χ0n) is 11.0. The average molecular weight is 262 g/mol. The van der Waals surface area contributed by atoms with Gasteiger partial charge < -0.3 is 14.8 Å². The molecule has 0 aromatic heterocycles. The summed E-state index contributed by atoms with van der Waals surface area (Å²) in [6.45, 7) is 2.27. The number of ether oxygens (including phenoxy) is 2. The monoisotopic (exact) mass is 262 g/mol. The lowest BCUT2D eigenvalue weighted by molar-refractivity contribution is 0.121. The number of carbonyl (C=O) groups is 1. The molecule has 2 fully saturated rings. The van der Waals surface area contributed by atoms with Gasteiger partial charge in [0.05, 0.1) is 13.2 Å². The van der Waals surface area contributed by atoms with Crippen LogP contribution >= 0.6 is 0 Å². The van der Waals surface area contributed by atoms with Crippen LogP contribution in [0.15, 0.2) is 24.3 Å². The standard InChI is InChI=1S/C14H18N2O3/c1-18-11-4-2-3-10(7-11)9-16-12-5-6-15-8-13(12)19-14(16)17/h2-4,7,12-13,15H,5-6,8-9H2,1H3. The summed E-state index contributed by atoms with van der Waals surface area (Å²) < 4.78 is 10.6. The molecule has 2 aliphatic heterocycles. The first-order valence-corrected chi connectivity index (χ1v) is 6.59. The first kappa shape index (κ1) is 12.3. The highest BCUT2D eigenvalue weighted by Crippen LogP contribution is 2.26. The Bertz CT molecular complexity index is 478. The molecule has 1 aromatic rings. The van der Waals surface area contributed by atoms with Crippen molar-refractivity contribution in [3.63, 3.8) is 0 Å². The fourth-order valence-corrected chi connectivity index (χ4v) is 2.77. The molecule has 3 rings (SSSR count). The highest BCUT2D eigenvalue weighted by atomic mass is 16.6. The molecular weight excluding hydrogens is 244 g/mol. The number of carbonyl (C=O) groups excluding carboxylic acids is 1. The van der Waals surface area contributed by atoms with Crippen LogP contribution in [-0.2, 0) is 11.3 Å². The van der Waals surface area contributed by atoms with E-state index in [0.29, 0.717) is 6.54 Å². The van der Waals surface area contributed by atoms with Crippen LogP contribution in [0.2, 0.25) is 0 Å². The third-order valence-electron chi connectivity index (χ3n) is 3.77. The fraction of sp³-hybridized carbons (Fsp3) is 0.500. The summed E-state index contributed by atoms with van der Waals surface area (Å²) >= 11 is 0. The van der Waals surface area contributed by atoms with Gasteiger partial charge in [0.25, 0.3) is 0 Å². The Morgan fingerprint density at radius 2 is 2.42 bits per heavy atom. The highest BCUT2D eigenvalue weighted by molar-refractivity contribution is 5.71. The average Bonchev–Trinajstić information content (AvgIpc) is 2.76. The summed E-state index contributed by atoms with van der Waals surface area (Å²) in [4.78, 5) is 13.8. The molecule has 19 heavy (non-hydrogen) atoms. The van der Waals surface area contributed by atoms with Gasteiger partial charge in [-0.25, -0.2) is 4.79 Å². The van der Waals surface area contributed by atoms with E-state index in [9.17, 15) is 4.79 Å². The lowest BCUT2D eigenvalue weighted by Crippen LogP contribution is -2.47. The second-order valence-corrected chi connectivity index (χ2v) is 4.96. The molecule has 0 radical (unpaired) electrons. The predicted octanol–water partition coefficient (Wildman–Crippen LogP) is 1.38. The molecule has 2 unspecified atom stereocenters. The Morgan fingerprint density at radius 3 is 3.26 bits per heavy atom. The molecule has 102 valence electrons. The first-order chi connectivity index (χ1) is 9.28. The van der Waals surface area contributed by atoms with Crippen molar-refractivity contribution in [1.29, 1.82) is 0 Å². The first-order valence-electron chi connectivity index (χ1n) is 6.59. The predicted molar refractivity (Wildman–Crippen MR) is 70.1 cm³/mol. The maximum Gasteiger partial charge on any atom is 0.410 e. The number of nitrogens with one attached hydrogen (secondary N) is 1. The van der Waals surface area contributed by atoms with E-state index in [0.717, 1.165) is 30.8 Å². The Kier molecular flexibility index (Phi) is 3.29.